The van der Waals surface area contributed by atoms with Gasteiger partial charge in [0.1, 0.15) is 23.9 Å². The number of aryl methyl sites for hydroxylation is 1. The highest BCUT2D eigenvalue weighted by Gasteiger charge is 2.30. The minimum atomic E-state index is -4.81. The number of nitrogens with zero attached hydrogens (tertiary/aromatic N) is 1. The molecule has 326 valence electrons. The molecule has 0 bridgehead atoms. The van der Waals surface area contributed by atoms with Crippen LogP contribution >= 0.6 is 31.0 Å². The smallest absolute Gasteiger partial charge is 0.480 e. The fourth-order valence-corrected chi connectivity index (χ4v) is 7.14. The van der Waals surface area contributed by atoms with Gasteiger partial charge in [-0.15, -0.1) is 23.2 Å². The number of benzene rings is 4. The van der Waals surface area contributed by atoms with Crippen molar-refractivity contribution in [1.29, 1.82) is 0 Å². The van der Waals surface area contributed by atoms with Crippen LogP contribution in [0.3, 0.4) is 0 Å². The van der Waals surface area contributed by atoms with Crippen molar-refractivity contribution in [3.8, 4) is 5.75 Å². The molecule has 0 saturated carbocycles. The zero-order valence-corrected chi connectivity index (χ0v) is 35.7. The van der Waals surface area contributed by atoms with E-state index in [0.29, 0.717) is 54.4 Å². The predicted molar refractivity (Wildman–Crippen MR) is 233 cm³/mol. The van der Waals surface area contributed by atoms with Crippen LogP contribution in [0.15, 0.2) is 109 Å². The number of aliphatic carboxylic acids is 1. The van der Waals surface area contributed by atoms with E-state index in [0.717, 1.165) is 11.3 Å². The van der Waals surface area contributed by atoms with Crippen LogP contribution in [0.5, 0.6) is 5.75 Å². The summed E-state index contributed by atoms with van der Waals surface area (Å²) in [6.07, 6.45) is 1.15. The summed E-state index contributed by atoms with van der Waals surface area (Å²) in [4.78, 5) is 86.2. The van der Waals surface area contributed by atoms with Crippen molar-refractivity contribution < 1.29 is 48.0 Å². The standard InChI is InChI=1S/C43H50Cl2N5O10P/c44-22-24-50(25-23-45)34-18-14-30(15-19-34)12-7-13-39(51)46-29-40(52)47-36(26-31-8-3-1-4-9-31)41(53)48-37(27-32-10-5-2-6-11-32)42(54)49-38(43(55)56)28-33-16-20-35(21-17-33)60-61(57,58)59/h1-6,8-11,14-21,36-38H,7,12-13,22-29H2,(H,46,51)(H,47,52)(H,48,53)(H,49,54)(H,55,56)(H2,57,58,59)/t36-,37?,38?/m1/s1. The number of anilines is 1. The zero-order valence-electron chi connectivity index (χ0n) is 33.3. The lowest BCUT2D eigenvalue weighted by atomic mass is 10.0. The molecule has 4 rings (SSSR count). The summed E-state index contributed by atoms with van der Waals surface area (Å²) in [5, 5.41) is 20.5. The molecule has 7 N–H and O–H groups in total. The van der Waals surface area contributed by atoms with Gasteiger partial charge in [-0.1, -0.05) is 84.9 Å². The van der Waals surface area contributed by atoms with E-state index < -0.39 is 56.2 Å². The fraction of sp³-hybridized carbons (Fsp3) is 0.326. The number of hydrogen-bond donors (Lipinski definition) is 7. The molecule has 0 heterocycles. The van der Waals surface area contributed by atoms with Crippen molar-refractivity contribution in [2.45, 2.75) is 56.7 Å². The number of phosphoric ester groups is 1. The lowest BCUT2D eigenvalue weighted by Gasteiger charge is -2.25. The Bertz CT molecular complexity index is 2070. The van der Waals surface area contributed by atoms with E-state index in [9.17, 15) is 33.6 Å². The topological polar surface area (TPSA) is 224 Å². The van der Waals surface area contributed by atoms with Crippen molar-refractivity contribution in [3.05, 3.63) is 131 Å². The molecule has 18 heteroatoms. The van der Waals surface area contributed by atoms with Gasteiger partial charge in [0.2, 0.25) is 23.6 Å². The van der Waals surface area contributed by atoms with Gasteiger partial charge in [0.15, 0.2) is 0 Å². The second-order valence-electron chi connectivity index (χ2n) is 14.1. The summed E-state index contributed by atoms with van der Waals surface area (Å²) in [6.45, 7) is 0.944. The molecular weight excluding hydrogens is 848 g/mol. The maximum Gasteiger partial charge on any atom is 0.524 e. The van der Waals surface area contributed by atoms with E-state index in [-0.39, 0.29) is 37.3 Å². The number of carboxylic acids is 1. The van der Waals surface area contributed by atoms with Crippen LogP contribution in [0.2, 0.25) is 0 Å². The number of carbonyl (C=O) groups excluding carboxylic acids is 4. The van der Waals surface area contributed by atoms with Crippen molar-refractivity contribution in [2.24, 2.45) is 0 Å². The maximum atomic E-state index is 14.0. The molecule has 0 aromatic heterocycles. The molecule has 61 heavy (non-hydrogen) atoms. The van der Waals surface area contributed by atoms with E-state index in [2.05, 4.69) is 30.7 Å². The quantitative estimate of drug-likeness (QED) is 0.0370. The molecule has 0 spiro atoms. The van der Waals surface area contributed by atoms with E-state index >= 15 is 0 Å². The third kappa shape index (κ3) is 17.6. The average molecular weight is 899 g/mol. The second-order valence-corrected chi connectivity index (χ2v) is 16.0. The Kier molecular flexibility index (Phi) is 19.5. The first kappa shape index (κ1) is 48.2. The lowest BCUT2D eigenvalue weighted by Crippen LogP contribution is -2.57. The van der Waals surface area contributed by atoms with E-state index in [4.69, 9.17) is 33.0 Å². The zero-order chi connectivity index (χ0) is 44.2. The van der Waals surface area contributed by atoms with Crippen LogP contribution in [0.4, 0.5) is 5.69 Å². The first-order valence-electron chi connectivity index (χ1n) is 19.5. The number of amides is 4. The van der Waals surface area contributed by atoms with Crippen molar-refractivity contribution in [3.63, 3.8) is 0 Å². The van der Waals surface area contributed by atoms with E-state index in [1.165, 1.54) is 24.3 Å². The summed E-state index contributed by atoms with van der Waals surface area (Å²) in [6, 6.07) is 27.0. The number of carboxylic acid groups (broad SMARTS) is 1. The summed E-state index contributed by atoms with van der Waals surface area (Å²) in [7, 11) is -4.81. The maximum absolute atomic E-state index is 14.0. The first-order valence-corrected chi connectivity index (χ1v) is 22.1. The molecule has 0 saturated heterocycles. The Balaban J connectivity index is 1.39. The van der Waals surface area contributed by atoms with Crippen LogP contribution in [0.25, 0.3) is 0 Å². The van der Waals surface area contributed by atoms with Crippen molar-refractivity contribution in [2.75, 3.05) is 36.3 Å². The molecule has 4 aromatic rings. The van der Waals surface area contributed by atoms with E-state index in [1.54, 1.807) is 60.7 Å². The minimum absolute atomic E-state index is 0.0219. The summed E-state index contributed by atoms with van der Waals surface area (Å²) in [5.41, 5.74) is 3.83. The van der Waals surface area contributed by atoms with Gasteiger partial charge in [0.25, 0.3) is 0 Å². The van der Waals surface area contributed by atoms with Gasteiger partial charge in [-0.25, -0.2) is 9.36 Å². The number of hydrogen-bond acceptors (Lipinski definition) is 8. The highest BCUT2D eigenvalue weighted by molar-refractivity contribution is 7.46. The number of halogens is 2. The highest BCUT2D eigenvalue weighted by atomic mass is 35.5. The molecule has 0 aliphatic carbocycles. The average Bonchev–Trinajstić information content (AvgIpc) is 3.23. The molecular formula is C43H50Cl2N5O10P. The SMILES string of the molecule is O=C(CCCc1ccc(N(CCCl)CCCl)cc1)NCC(=O)N[C@H](Cc1ccccc1)C(=O)NC(Cc1ccccc1)C(=O)NC(Cc1ccc(OP(=O)(O)O)cc1)C(=O)O. The van der Waals surface area contributed by atoms with Crippen molar-refractivity contribution >= 4 is 66.3 Å². The molecule has 2 unspecified atom stereocenters. The van der Waals surface area contributed by atoms with Gasteiger partial charge in [0.05, 0.1) is 6.54 Å². The Morgan fingerprint density at radius 2 is 1.10 bits per heavy atom. The molecule has 3 atom stereocenters. The Hall–Kier alpha value is -5.44. The third-order valence-electron chi connectivity index (χ3n) is 9.38. The molecule has 4 amide bonds. The predicted octanol–water partition coefficient (Wildman–Crippen LogP) is 4.15. The molecule has 0 radical (unpaired) electrons. The largest absolute Gasteiger partial charge is 0.524 e. The van der Waals surface area contributed by atoms with Crippen LogP contribution in [0.1, 0.15) is 35.1 Å². The fourth-order valence-electron chi connectivity index (χ4n) is 6.34. The molecule has 0 aliphatic rings. The number of phosphoric acid groups is 1. The van der Waals surface area contributed by atoms with Gasteiger partial charge in [-0.05, 0) is 59.4 Å². The normalized spacial score (nSPS) is 12.6. The lowest BCUT2D eigenvalue weighted by molar-refractivity contribution is -0.142. The van der Waals surface area contributed by atoms with Crippen LogP contribution < -0.4 is 30.7 Å². The second kappa shape index (κ2) is 24.7. The number of nitrogens with one attached hydrogen (secondary N) is 4. The Morgan fingerprint density at radius 1 is 0.623 bits per heavy atom. The van der Waals surface area contributed by atoms with Gasteiger partial charge < -0.3 is 35.8 Å². The third-order valence-corrected chi connectivity index (χ3v) is 10.2. The van der Waals surface area contributed by atoms with Gasteiger partial charge >= 0.3 is 13.8 Å². The first-order chi connectivity index (χ1) is 29.2. The van der Waals surface area contributed by atoms with Crippen LogP contribution in [0, 0.1) is 0 Å². The Labute approximate surface area is 364 Å². The number of carbonyl (C=O) groups is 5. The summed E-state index contributed by atoms with van der Waals surface area (Å²) >= 11 is 11.9. The van der Waals surface area contributed by atoms with Gasteiger partial charge in [0, 0.05) is 56.2 Å². The van der Waals surface area contributed by atoms with E-state index in [1.807, 2.05) is 24.3 Å². The summed E-state index contributed by atoms with van der Waals surface area (Å²) < 4.78 is 15.7. The van der Waals surface area contributed by atoms with Crippen LogP contribution in [-0.2, 0) is 54.2 Å². The molecule has 4 aromatic carbocycles. The molecule has 0 fully saturated rings. The molecule has 0 aliphatic heterocycles. The number of rotatable bonds is 25. The van der Waals surface area contributed by atoms with Gasteiger partial charge in [-0.2, -0.15) is 0 Å². The number of alkyl halides is 2. The van der Waals surface area contributed by atoms with Crippen LogP contribution in [-0.4, -0.2) is 94.0 Å². The Morgan fingerprint density at radius 3 is 1.61 bits per heavy atom. The monoisotopic (exact) mass is 897 g/mol. The van der Waals surface area contributed by atoms with Gasteiger partial charge in [-0.3, -0.25) is 29.0 Å². The minimum Gasteiger partial charge on any atom is -0.480 e. The summed E-state index contributed by atoms with van der Waals surface area (Å²) in [5.74, 6) is -3.05. The van der Waals surface area contributed by atoms with Crippen molar-refractivity contribution in [1.82, 2.24) is 21.3 Å². The highest BCUT2D eigenvalue weighted by Crippen LogP contribution is 2.37. The molecule has 15 nitrogen and oxygen atoms in total.